The van der Waals surface area contributed by atoms with Crippen molar-refractivity contribution in [2.75, 3.05) is 13.2 Å². The zero-order valence-corrected chi connectivity index (χ0v) is 12.5. The molecule has 116 valence electrons. The van der Waals surface area contributed by atoms with Crippen LogP contribution in [0.2, 0.25) is 0 Å². The summed E-state index contributed by atoms with van der Waals surface area (Å²) in [6.07, 6.45) is 1.43. The number of benzene rings is 1. The molecule has 0 saturated carbocycles. The third-order valence-electron chi connectivity index (χ3n) is 3.46. The topological polar surface area (TPSA) is 98.6 Å². The van der Waals surface area contributed by atoms with Gasteiger partial charge in [0, 0.05) is 18.4 Å². The molecule has 2 aromatic rings. The molecule has 3 N–H and O–H groups in total. The Kier molecular flexibility index (Phi) is 4.22. The lowest BCUT2D eigenvalue weighted by atomic mass is 10.0. The Labute approximate surface area is 128 Å². The Hall–Kier alpha value is -2.57. The molecule has 1 atom stereocenters. The van der Waals surface area contributed by atoms with Crippen LogP contribution < -0.4 is 15.8 Å². The minimum absolute atomic E-state index is 0.124. The number of ether oxygens (including phenoxy) is 1. The highest BCUT2D eigenvalue weighted by molar-refractivity contribution is 5.78. The normalized spacial score (nSPS) is 17.7. The zero-order valence-electron chi connectivity index (χ0n) is 12.5. The molecule has 0 amide bonds. The lowest BCUT2D eigenvalue weighted by Gasteiger charge is -2.26. The van der Waals surface area contributed by atoms with Gasteiger partial charge in [-0.25, -0.2) is 0 Å². The van der Waals surface area contributed by atoms with Crippen molar-refractivity contribution in [1.82, 2.24) is 15.5 Å². The molecular weight excluding hydrogens is 282 g/mol. The molecule has 1 unspecified atom stereocenters. The molecule has 2 heterocycles. The first kappa shape index (κ1) is 14.4. The Balaban J connectivity index is 1.57. The summed E-state index contributed by atoms with van der Waals surface area (Å²) in [6, 6.07) is 8.09. The van der Waals surface area contributed by atoms with E-state index in [0.29, 0.717) is 37.2 Å². The quantitative estimate of drug-likeness (QED) is 0.653. The molecule has 0 aliphatic carbocycles. The maximum atomic E-state index is 5.96. The van der Waals surface area contributed by atoms with E-state index in [-0.39, 0.29) is 6.04 Å². The van der Waals surface area contributed by atoms with Gasteiger partial charge in [0.05, 0.1) is 19.2 Å². The number of rotatable bonds is 4. The number of aromatic nitrogens is 2. The standard InChI is InChI=1S/C15H19N5O2/c1-10-18-14(22-20-10)6-8-17-15(16)19-12-7-9-21-13-5-3-2-4-11(12)13/h2-5,12H,6-9H2,1H3,(H3,16,17,19). The number of para-hydroxylation sites is 1. The second-order valence-electron chi connectivity index (χ2n) is 5.12. The van der Waals surface area contributed by atoms with Crippen LogP contribution in [0.4, 0.5) is 0 Å². The van der Waals surface area contributed by atoms with Gasteiger partial charge in [0.2, 0.25) is 5.89 Å². The highest BCUT2D eigenvalue weighted by atomic mass is 16.5. The van der Waals surface area contributed by atoms with E-state index in [1.807, 2.05) is 24.3 Å². The van der Waals surface area contributed by atoms with E-state index in [1.165, 1.54) is 0 Å². The van der Waals surface area contributed by atoms with Crippen LogP contribution >= 0.6 is 0 Å². The van der Waals surface area contributed by atoms with Crippen molar-refractivity contribution < 1.29 is 9.26 Å². The number of aryl methyl sites for hydroxylation is 1. The molecule has 0 fully saturated rings. The predicted octanol–water partition coefficient (Wildman–Crippen LogP) is 1.35. The monoisotopic (exact) mass is 301 g/mol. The molecule has 0 spiro atoms. The molecule has 7 nitrogen and oxygen atoms in total. The molecule has 1 aromatic carbocycles. The first-order valence-corrected chi connectivity index (χ1v) is 7.30. The average molecular weight is 301 g/mol. The fourth-order valence-corrected chi connectivity index (χ4v) is 2.43. The SMILES string of the molecule is Cc1noc(CCN=C(N)NC2CCOc3ccccc32)n1. The summed E-state index contributed by atoms with van der Waals surface area (Å²) in [7, 11) is 0. The first-order valence-electron chi connectivity index (χ1n) is 7.30. The molecule has 0 saturated heterocycles. The highest BCUT2D eigenvalue weighted by Gasteiger charge is 2.21. The Bertz CT molecular complexity index is 667. The van der Waals surface area contributed by atoms with E-state index >= 15 is 0 Å². The van der Waals surface area contributed by atoms with Crippen LogP contribution in [-0.2, 0) is 6.42 Å². The van der Waals surface area contributed by atoms with E-state index in [2.05, 4.69) is 20.4 Å². The van der Waals surface area contributed by atoms with Crippen LogP contribution in [0.25, 0.3) is 0 Å². The fraction of sp³-hybridized carbons (Fsp3) is 0.400. The van der Waals surface area contributed by atoms with Gasteiger partial charge in [0.25, 0.3) is 0 Å². The van der Waals surface area contributed by atoms with E-state index in [4.69, 9.17) is 15.0 Å². The molecule has 22 heavy (non-hydrogen) atoms. The zero-order chi connectivity index (χ0) is 15.4. The summed E-state index contributed by atoms with van der Waals surface area (Å²) >= 11 is 0. The van der Waals surface area contributed by atoms with E-state index < -0.39 is 0 Å². The molecule has 0 radical (unpaired) electrons. The van der Waals surface area contributed by atoms with E-state index in [9.17, 15) is 0 Å². The van der Waals surface area contributed by atoms with Crippen molar-refractivity contribution in [3.8, 4) is 5.75 Å². The summed E-state index contributed by atoms with van der Waals surface area (Å²) < 4.78 is 10.7. The number of nitrogens with one attached hydrogen (secondary N) is 1. The Morgan fingerprint density at radius 2 is 2.32 bits per heavy atom. The predicted molar refractivity (Wildman–Crippen MR) is 81.7 cm³/mol. The van der Waals surface area contributed by atoms with E-state index in [0.717, 1.165) is 17.7 Å². The lowest BCUT2D eigenvalue weighted by Crippen LogP contribution is -2.37. The van der Waals surface area contributed by atoms with Crippen LogP contribution in [0.5, 0.6) is 5.75 Å². The van der Waals surface area contributed by atoms with Gasteiger partial charge in [-0.15, -0.1) is 0 Å². The molecular formula is C15H19N5O2. The fourth-order valence-electron chi connectivity index (χ4n) is 2.43. The molecule has 7 heteroatoms. The highest BCUT2D eigenvalue weighted by Crippen LogP contribution is 2.31. The van der Waals surface area contributed by atoms with Crippen molar-refractivity contribution in [1.29, 1.82) is 0 Å². The number of hydrogen-bond acceptors (Lipinski definition) is 5. The van der Waals surface area contributed by atoms with Crippen molar-refractivity contribution in [3.05, 3.63) is 41.5 Å². The number of nitrogens with two attached hydrogens (primary N) is 1. The third-order valence-corrected chi connectivity index (χ3v) is 3.46. The number of aliphatic imine (C=N–C) groups is 1. The van der Waals surface area contributed by atoms with Gasteiger partial charge in [-0.05, 0) is 13.0 Å². The average Bonchev–Trinajstić information content (AvgIpc) is 2.93. The molecule has 1 aromatic heterocycles. The number of fused-ring (bicyclic) bond motifs is 1. The van der Waals surface area contributed by atoms with Crippen molar-refractivity contribution in [2.24, 2.45) is 10.7 Å². The molecule has 0 bridgehead atoms. The third kappa shape index (κ3) is 3.36. The Morgan fingerprint density at radius 3 is 3.14 bits per heavy atom. The van der Waals surface area contributed by atoms with Gasteiger partial charge in [0.15, 0.2) is 11.8 Å². The Morgan fingerprint density at radius 1 is 1.45 bits per heavy atom. The molecule has 1 aliphatic rings. The second-order valence-corrected chi connectivity index (χ2v) is 5.12. The van der Waals surface area contributed by atoms with Gasteiger partial charge < -0.3 is 20.3 Å². The van der Waals surface area contributed by atoms with Crippen LogP contribution in [-0.4, -0.2) is 29.3 Å². The van der Waals surface area contributed by atoms with Crippen LogP contribution in [0.1, 0.15) is 29.7 Å². The van der Waals surface area contributed by atoms with Crippen LogP contribution in [0, 0.1) is 6.92 Å². The van der Waals surface area contributed by atoms with Gasteiger partial charge in [-0.3, -0.25) is 4.99 Å². The maximum Gasteiger partial charge on any atom is 0.228 e. The smallest absolute Gasteiger partial charge is 0.228 e. The van der Waals surface area contributed by atoms with Gasteiger partial charge in [-0.2, -0.15) is 4.98 Å². The minimum atomic E-state index is 0.124. The summed E-state index contributed by atoms with van der Waals surface area (Å²) in [5, 5.41) is 6.99. The summed E-state index contributed by atoms with van der Waals surface area (Å²) in [6.45, 7) is 2.96. The number of nitrogens with zero attached hydrogens (tertiary/aromatic N) is 3. The van der Waals surface area contributed by atoms with Crippen molar-refractivity contribution in [3.63, 3.8) is 0 Å². The van der Waals surface area contributed by atoms with Crippen molar-refractivity contribution >= 4 is 5.96 Å². The summed E-state index contributed by atoms with van der Waals surface area (Å²) in [5.74, 6) is 2.52. The molecule has 3 rings (SSSR count). The first-order chi connectivity index (χ1) is 10.7. The largest absolute Gasteiger partial charge is 0.493 e. The van der Waals surface area contributed by atoms with Crippen molar-refractivity contribution in [2.45, 2.75) is 25.8 Å². The summed E-state index contributed by atoms with van der Waals surface area (Å²) in [5.41, 5.74) is 7.07. The van der Waals surface area contributed by atoms with Gasteiger partial charge in [-0.1, -0.05) is 23.4 Å². The number of guanidine groups is 1. The van der Waals surface area contributed by atoms with Gasteiger partial charge >= 0.3 is 0 Å². The summed E-state index contributed by atoms with van der Waals surface area (Å²) in [4.78, 5) is 8.44. The second kappa shape index (κ2) is 6.46. The van der Waals surface area contributed by atoms with Gasteiger partial charge in [0.1, 0.15) is 5.75 Å². The molecule has 1 aliphatic heterocycles. The number of hydrogen-bond donors (Lipinski definition) is 2. The van der Waals surface area contributed by atoms with Crippen LogP contribution in [0.15, 0.2) is 33.8 Å². The van der Waals surface area contributed by atoms with Crippen LogP contribution in [0.3, 0.4) is 0 Å². The minimum Gasteiger partial charge on any atom is -0.493 e. The maximum absolute atomic E-state index is 5.96. The van der Waals surface area contributed by atoms with E-state index in [1.54, 1.807) is 6.92 Å². The lowest BCUT2D eigenvalue weighted by molar-refractivity contribution is 0.262.